The van der Waals surface area contributed by atoms with Crippen LogP contribution in [0.25, 0.3) is 0 Å². The lowest BCUT2D eigenvalue weighted by molar-refractivity contribution is -0.137. The number of hydrogen-bond acceptors (Lipinski definition) is 3. The van der Waals surface area contributed by atoms with Crippen molar-refractivity contribution in [3.05, 3.63) is 54.4 Å². The number of nitrogens with one attached hydrogen (secondary N) is 1. The molecule has 0 fully saturated rings. The summed E-state index contributed by atoms with van der Waals surface area (Å²) in [6.45, 7) is 1.29. The highest BCUT2D eigenvalue weighted by Crippen LogP contribution is 2.23. The number of rotatable bonds is 9. The fraction of sp³-hybridized carbons (Fsp3) is 0.353. The molecule has 2 aromatic rings. The number of nitrogens with zero attached hydrogens (tertiary/aromatic N) is 2. The van der Waals surface area contributed by atoms with E-state index in [1.54, 1.807) is 6.20 Å². The third-order valence-electron chi connectivity index (χ3n) is 3.57. The molecule has 122 valence electrons. The van der Waals surface area contributed by atoms with Crippen molar-refractivity contribution in [3.63, 3.8) is 0 Å². The van der Waals surface area contributed by atoms with Crippen LogP contribution in [0.15, 0.2) is 48.8 Å². The maximum Gasteiger partial charge on any atom is 0.303 e. The lowest BCUT2D eigenvalue weighted by atomic mass is 9.92. The molecular formula is C17H21N3O3. The third kappa shape index (κ3) is 5.94. The Balaban J connectivity index is 1.79. The number of carbonyl (C=O) groups excluding carboxylic acids is 1. The summed E-state index contributed by atoms with van der Waals surface area (Å²) in [7, 11) is 0. The van der Waals surface area contributed by atoms with Crippen molar-refractivity contribution < 1.29 is 14.7 Å². The van der Waals surface area contributed by atoms with Crippen LogP contribution in [-0.2, 0) is 16.1 Å². The molecule has 0 saturated heterocycles. The molecule has 1 aromatic heterocycles. The van der Waals surface area contributed by atoms with Gasteiger partial charge in [0.2, 0.25) is 5.91 Å². The Kier molecular flexibility index (Phi) is 6.35. The van der Waals surface area contributed by atoms with Gasteiger partial charge in [0, 0.05) is 37.8 Å². The molecule has 1 heterocycles. The molecule has 0 radical (unpaired) electrons. The van der Waals surface area contributed by atoms with E-state index in [4.69, 9.17) is 5.11 Å². The average Bonchev–Trinajstić information content (AvgIpc) is 3.05. The van der Waals surface area contributed by atoms with Crippen LogP contribution in [0.3, 0.4) is 0 Å². The summed E-state index contributed by atoms with van der Waals surface area (Å²) in [6.07, 6.45) is 4.50. The van der Waals surface area contributed by atoms with Gasteiger partial charge in [-0.3, -0.25) is 14.3 Å². The van der Waals surface area contributed by atoms with Crippen molar-refractivity contribution in [1.29, 1.82) is 0 Å². The highest BCUT2D eigenvalue weighted by Gasteiger charge is 2.18. The first-order valence-corrected chi connectivity index (χ1v) is 7.66. The number of aryl methyl sites for hydroxylation is 1. The molecule has 2 rings (SSSR count). The zero-order valence-electron chi connectivity index (χ0n) is 12.9. The van der Waals surface area contributed by atoms with Gasteiger partial charge in [0.05, 0.1) is 6.42 Å². The topological polar surface area (TPSA) is 84.2 Å². The lowest BCUT2D eigenvalue weighted by Gasteiger charge is -2.15. The second kappa shape index (κ2) is 8.73. The van der Waals surface area contributed by atoms with Gasteiger partial charge >= 0.3 is 5.97 Å². The summed E-state index contributed by atoms with van der Waals surface area (Å²) in [5.74, 6) is -1.33. The molecule has 0 aliphatic carbocycles. The van der Waals surface area contributed by atoms with Gasteiger partial charge in [0.15, 0.2) is 0 Å². The van der Waals surface area contributed by atoms with E-state index >= 15 is 0 Å². The van der Waals surface area contributed by atoms with Crippen LogP contribution in [0, 0.1) is 0 Å². The quantitative estimate of drug-likeness (QED) is 0.694. The fourth-order valence-corrected chi connectivity index (χ4v) is 2.44. The van der Waals surface area contributed by atoms with Crippen molar-refractivity contribution in [3.8, 4) is 0 Å². The molecule has 2 N–H and O–H groups in total. The Morgan fingerprint density at radius 2 is 1.96 bits per heavy atom. The Labute approximate surface area is 135 Å². The first kappa shape index (κ1) is 16.7. The predicted octanol–water partition coefficient (Wildman–Crippen LogP) is 2.04. The van der Waals surface area contributed by atoms with E-state index < -0.39 is 5.97 Å². The van der Waals surface area contributed by atoms with Gasteiger partial charge in [-0.25, -0.2) is 0 Å². The maximum atomic E-state index is 12.0. The molecule has 1 amide bonds. The molecule has 23 heavy (non-hydrogen) atoms. The van der Waals surface area contributed by atoms with Gasteiger partial charge in [-0.1, -0.05) is 30.3 Å². The number of carboxylic acids is 1. The summed E-state index contributed by atoms with van der Waals surface area (Å²) in [4.78, 5) is 23.1. The van der Waals surface area contributed by atoms with Crippen LogP contribution < -0.4 is 5.32 Å². The standard InChI is InChI=1S/C17H21N3O3/c21-16(18-8-4-10-20-11-5-9-19-20)12-15(13-17(22)23)14-6-2-1-3-7-14/h1-3,5-7,9,11,15H,4,8,10,12-13H2,(H,18,21)(H,22,23)/t15-/m0/s1. The van der Waals surface area contributed by atoms with E-state index in [0.717, 1.165) is 18.5 Å². The molecule has 1 aromatic carbocycles. The van der Waals surface area contributed by atoms with Gasteiger partial charge < -0.3 is 10.4 Å². The second-order valence-corrected chi connectivity index (χ2v) is 5.38. The van der Waals surface area contributed by atoms with Crippen molar-refractivity contribution in [2.45, 2.75) is 31.7 Å². The van der Waals surface area contributed by atoms with Gasteiger partial charge in [0.25, 0.3) is 0 Å². The fourth-order valence-electron chi connectivity index (χ4n) is 2.44. The molecule has 6 nitrogen and oxygen atoms in total. The van der Waals surface area contributed by atoms with E-state index in [9.17, 15) is 9.59 Å². The average molecular weight is 315 g/mol. The molecular weight excluding hydrogens is 294 g/mol. The summed E-state index contributed by atoms with van der Waals surface area (Å²) in [6, 6.07) is 11.2. The van der Waals surface area contributed by atoms with Crippen molar-refractivity contribution in [2.24, 2.45) is 0 Å². The molecule has 6 heteroatoms. The van der Waals surface area contributed by atoms with Crippen LogP contribution in [0.2, 0.25) is 0 Å². The van der Waals surface area contributed by atoms with Crippen molar-refractivity contribution >= 4 is 11.9 Å². The zero-order chi connectivity index (χ0) is 16.5. The van der Waals surface area contributed by atoms with Gasteiger partial charge in [-0.05, 0) is 18.1 Å². The van der Waals surface area contributed by atoms with Crippen LogP contribution in [0.5, 0.6) is 0 Å². The number of amides is 1. The molecule has 0 saturated carbocycles. The predicted molar refractivity (Wildman–Crippen MR) is 85.9 cm³/mol. The highest BCUT2D eigenvalue weighted by molar-refractivity contribution is 5.78. The van der Waals surface area contributed by atoms with Gasteiger partial charge in [-0.15, -0.1) is 0 Å². The monoisotopic (exact) mass is 315 g/mol. The molecule has 1 atom stereocenters. The van der Waals surface area contributed by atoms with Gasteiger partial charge in [-0.2, -0.15) is 5.10 Å². The molecule has 0 unspecified atom stereocenters. The molecule has 0 aliphatic heterocycles. The number of carboxylic acid groups (broad SMARTS) is 1. The van der Waals surface area contributed by atoms with Crippen molar-refractivity contribution in [1.82, 2.24) is 15.1 Å². The first-order chi connectivity index (χ1) is 11.1. The number of carbonyl (C=O) groups is 2. The molecule has 0 aliphatic rings. The Hall–Kier alpha value is -2.63. The summed E-state index contributed by atoms with van der Waals surface area (Å²) < 4.78 is 1.81. The van der Waals surface area contributed by atoms with Crippen LogP contribution >= 0.6 is 0 Å². The minimum Gasteiger partial charge on any atom is -0.481 e. The van der Waals surface area contributed by atoms with Crippen LogP contribution in [-0.4, -0.2) is 33.3 Å². The zero-order valence-corrected chi connectivity index (χ0v) is 12.9. The smallest absolute Gasteiger partial charge is 0.303 e. The van der Waals surface area contributed by atoms with E-state index in [-0.39, 0.29) is 24.7 Å². The summed E-state index contributed by atoms with van der Waals surface area (Å²) in [5, 5.41) is 16.0. The summed E-state index contributed by atoms with van der Waals surface area (Å²) in [5.41, 5.74) is 0.876. The number of aromatic nitrogens is 2. The Bertz CT molecular complexity index is 611. The molecule has 0 bridgehead atoms. The minimum absolute atomic E-state index is 0.0509. The summed E-state index contributed by atoms with van der Waals surface area (Å²) >= 11 is 0. The minimum atomic E-state index is -0.898. The third-order valence-corrected chi connectivity index (χ3v) is 3.57. The lowest BCUT2D eigenvalue weighted by Crippen LogP contribution is -2.27. The van der Waals surface area contributed by atoms with E-state index in [0.29, 0.717) is 6.54 Å². The highest BCUT2D eigenvalue weighted by atomic mass is 16.4. The Morgan fingerprint density at radius 3 is 2.61 bits per heavy atom. The van der Waals surface area contributed by atoms with E-state index in [1.165, 1.54) is 0 Å². The molecule has 0 spiro atoms. The SMILES string of the molecule is O=C(O)C[C@H](CC(=O)NCCCn1cccn1)c1ccccc1. The number of hydrogen-bond donors (Lipinski definition) is 2. The Morgan fingerprint density at radius 1 is 1.17 bits per heavy atom. The second-order valence-electron chi connectivity index (χ2n) is 5.38. The van der Waals surface area contributed by atoms with Gasteiger partial charge in [0.1, 0.15) is 0 Å². The maximum absolute atomic E-state index is 12.0. The normalized spacial score (nSPS) is 11.8. The van der Waals surface area contributed by atoms with Crippen molar-refractivity contribution in [2.75, 3.05) is 6.54 Å². The van der Waals surface area contributed by atoms with E-state index in [2.05, 4.69) is 10.4 Å². The number of benzene rings is 1. The first-order valence-electron chi connectivity index (χ1n) is 7.66. The van der Waals surface area contributed by atoms with E-state index in [1.807, 2.05) is 47.3 Å². The number of aliphatic carboxylic acids is 1. The van der Waals surface area contributed by atoms with Crippen LogP contribution in [0.4, 0.5) is 0 Å². The van der Waals surface area contributed by atoms with Crippen LogP contribution in [0.1, 0.15) is 30.7 Å². The largest absolute Gasteiger partial charge is 0.481 e.